The van der Waals surface area contributed by atoms with Crippen molar-refractivity contribution in [2.24, 2.45) is 0 Å². The van der Waals surface area contributed by atoms with Gasteiger partial charge in [-0.2, -0.15) is 5.26 Å². The topological polar surface area (TPSA) is 79.1 Å². The molecule has 0 fully saturated rings. The smallest absolute Gasteiger partial charge is 0.290 e. The molecule has 0 unspecified atom stereocenters. The molecule has 0 bridgehead atoms. The van der Waals surface area contributed by atoms with E-state index in [-0.39, 0.29) is 5.91 Å². The Bertz CT molecular complexity index is 688. The summed E-state index contributed by atoms with van der Waals surface area (Å²) in [4.78, 5) is 14.0. The first-order chi connectivity index (χ1) is 9.60. The fourth-order valence-electron chi connectivity index (χ4n) is 1.99. The average Bonchev–Trinajstić information content (AvgIpc) is 2.42. The Balaban J connectivity index is 2.22. The van der Waals surface area contributed by atoms with Crippen molar-refractivity contribution >= 4 is 22.6 Å². The first-order valence-corrected chi connectivity index (χ1v) is 6.45. The van der Waals surface area contributed by atoms with Gasteiger partial charge >= 0.3 is 0 Å². The second-order valence-electron chi connectivity index (χ2n) is 4.67. The summed E-state index contributed by atoms with van der Waals surface area (Å²) in [7, 11) is 0. The lowest BCUT2D eigenvalue weighted by molar-refractivity contribution is -0.327. The molecule has 1 heterocycles. The summed E-state index contributed by atoms with van der Waals surface area (Å²) in [6, 6.07) is 10.1. The molecule has 2 rings (SSSR count). The van der Waals surface area contributed by atoms with E-state index in [0.717, 1.165) is 16.5 Å². The number of anilines is 1. The molecule has 1 aromatic carbocycles. The van der Waals surface area contributed by atoms with E-state index in [4.69, 9.17) is 0 Å². The summed E-state index contributed by atoms with van der Waals surface area (Å²) in [5.74, 6) is 0.612. The molecule has 102 valence electrons. The van der Waals surface area contributed by atoms with E-state index in [1.165, 1.54) is 6.92 Å². The minimum Gasteiger partial charge on any atom is -0.352 e. The number of amides is 1. The molecular formula is C15H17N4O+. The van der Waals surface area contributed by atoms with Crippen LogP contribution in [0.1, 0.15) is 18.1 Å². The predicted molar refractivity (Wildman–Crippen MR) is 77.1 cm³/mol. The number of carbonyl (C=O) groups excluding carboxylic acids is 1. The molecule has 5 heteroatoms. The van der Waals surface area contributed by atoms with Crippen LogP contribution in [0.15, 0.2) is 24.3 Å². The molecule has 0 aliphatic carbocycles. The van der Waals surface area contributed by atoms with Gasteiger partial charge in [-0.05, 0) is 24.6 Å². The number of aryl methyl sites for hydroxylation is 1. The molecule has 0 atom stereocenters. The third-order valence-corrected chi connectivity index (χ3v) is 2.96. The minimum absolute atomic E-state index is 0.0644. The highest BCUT2D eigenvalue weighted by Crippen LogP contribution is 2.17. The summed E-state index contributed by atoms with van der Waals surface area (Å²) in [5, 5.41) is 16.0. The van der Waals surface area contributed by atoms with Crippen molar-refractivity contribution in [3.63, 3.8) is 0 Å². The summed E-state index contributed by atoms with van der Waals surface area (Å²) < 4.78 is 0. The summed E-state index contributed by atoms with van der Waals surface area (Å²) in [5.41, 5.74) is 2.69. The van der Waals surface area contributed by atoms with E-state index in [9.17, 15) is 10.1 Å². The normalized spacial score (nSPS) is 10.1. The lowest BCUT2D eigenvalue weighted by Gasteiger charge is -2.04. The third kappa shape index (κ3) is 3.23. The number of pyridine rings is 1. The molecule has 1 aromatic heterocycles. The van der Waals surface area contributed by atoms with Crippen LogP contribution in [0, 0.1) is 18.3 Å². The number of benzene rings is 1. The van der Waals surface area contributed by atoms with Gasteiger partial charge in [0, 0.05) is 12.3 Å². The maximum absolute atomic E-state index is 10.8. The van der Waals surface area contributed by atoms with Crippen LogP contribution in [0.25, 0.3) is 10.9 Å². The van der Waals surface area contributed by atoms with E-state index >= 15 is 0 Å². The number of aromatic amines is 1. The largest absolute Gasteiger partial charge is 0.352 e. The average molecular weight is 269 g/mol. The molecule has 2 aromatic rings. The molecule has 3 N–H and O–H groups in total. The lowest BCUT2D eigenvalue weighted by Crippen LogP contribution is -2.28. The standard InChI is InChI=1S/C15H16N4O/c1-10-3-4-12-8-13(9-16)15(19-14(12)7-10)18-6-5-17-11(2)20/h3-4,7-8H,5-6H2,1-2H3,(H,17,20)(H,18,19)/p+1. The van der Waals surface area contributed by atoms with Crippen LogP contribution in [0.2, 0.25) is 0 Å². The quantitative estimate of drug-likeness (QED) is 0.823. The predicted octanol–water partition coefficient (Wildman–Crippen LogP) is 1.38. The van der Waals surface area contributed by atoms with E-state index in [0.29, 0.717) is 24.5 Å². The first-order valence-electron chi connectivity index (χ1n) is 6.45. The van der Waals surface area contributed by atoms with Crippen LogP contribution in [0.4, 0.5) is 5.82 Å². The number of hydrogen-bond acceptors (Lipinski definition) is 3. The maximum Gasteiger partial charge on any atom is 0.290 e. The zero-order valence-corrected chi connectivity index (χ0v) is 11.6. The van der Waals surface area contributed by atoms with Crippen LogP contribution in [0.3, 0.4) is 0 Å². The number of H-pyrrole nitrogens is 1. The first kappa shape index (κ1) is 13.8. The molecule has 20 heavy (non-hydrogen) atoms. The number of hydrogen-bond donors (Lipinski definition) is 2. The maximum atomic E-state index is 10.8. The van der Waals surface area contributed by atoms with Crippen LogP contribution in [-0.2, 0) is 4.79 Å². The summed E-state index contributed by atoms with van der Waals surface area (Å²) in [6.07, 6.45) is 0. The number of carbonyl (C=O) groups is 1. The van der Waals surface area contributed by atoms with Gasteiger partial charge in [-0.3, -0.25) is 10.1 Å². The Labute approximate surface area is 117 Å². The molecule has 0 saturated carbocycles. The molecule has 0 saturated heterocycles. The second-order valence-corrected chi connectivity index (χ2v) is 4.67. The number of nitrogens with zero attached hydrogens (tertiary/aromatic N) is 1. The summed E-state index contributed by atoms with van der Waals surface area (Å²) in [6.45, 7) is 4.57. The van der Waals surface area contributed by atoms with Crippen LogP contribution in [0.5, 0.6) is 0 Å². The number of nitrogens with one attached hydrogen (secondary N) is 3. The van der Waals surface area contributed by atoms with Crippen LogP contribution < -0.4 is 15.6 Å². The second kappa shape index (κ2) is 6.02. The van der Waals surface area contributed by atoms with Crippen LogP contribution in [-0.4, -0.2) is 19.0 Å². The third-order valence-electron chi connectivity index (χ3n) is 2.96. The van der Waals surface area contributed by atoms with E-state index < -0.39 is 0 Å². The molecule has 0 radical (unpaired) electrons. The van der Waals surface area contributed by atoms with Crippen molar-refractivity contribution in [2.45, 2.75) is 13.8 Å². The molecule has 0 spiro atoms. The van der Waals surface area contributed by atoms with Crippen molar-refractivity contribution in [3.8, 4) is 6.07 Å². The van der Waals surface area contributed by atoms with Gasteiger partial charge in [-0.1, -0.05) is 12.1 Å². The Morgan fingerprint density at radius 2 is 2.15 bits per heavy atom. The Kier molecular flexibility index (Phi) is 4.16. The van der Waals surface area contributed by atoms with Gasteiger partial charge in [-0.15, -0.1) is 0 Å². The molecule has 0 aliphatic heterocycles. The molecule has 5 nitrogen and oxygen atoms in total. The van der Waals surface area contributed by atoms with Gasteiger partial charge in [-0.25, -0.2) is 4.98 Å². The monoisotopic (exact) mass is 269 g/mol. The molecule has 0 aliphatic rings. The van der Waals surface area contributed by atoms with E-state index in [1.54, 1.807) is 0 Å². The number of fused-ring (bicyclic) bond motifs is 1. The highest BCUT2D eigenvalue weighted by molar-refractivity contribution is 5.79. The fraction of sp³-hybridized carbons (Fsp3) is 0.267. The van der Waals surface area contributed by atoms with Crippen molar-refractivity contribution in [2.75, 3.05) is 18.4 Å². The van der Waals surface area contributed by atoms with Crippen LogP contribution >= 0.6 is 0 Å². The highest BCUT2D eigenvalue weighted by Gasteiger charge is 2.12. The van der Waals surface area contributed by atoms with Gasteiger partial charge < -0.3 is 5.32 Å². The number of rotatable bonds is 4. The fourth-order valence-corrected chi connectivity index (χ4v) is 1.99. The summed E-state index contributed by atoms with van der Waals surface area (Å²) >= 11 is 0. The van der Waals surface area contributed by atoms with Gasteiger partial charge in [0.25, 0.3) is 5.82 Å². The Hall–Kier alpha value is -2.61. The Morgan fingerprint density at radius 1 is 1.35 bits per heavy atom. The zero-order chi connectivity index (χ0) is 14.5. The van der Waals surface area contributed by atoms with Crippen molar-refractivity contribution in [1.82, 2.24) is 5.32 Å². The SMILES string of the molecule is CC(=O)NCCNc1[nH+]c2cc(C)ccc2cc1C#N. The Morgan fingerprint density at radius 3 is 2.85 bits per heavy atom. The zero-order valence-electron chi connectivity index (χ0n) is 11.6. The van der Waals surface area contributed by atoms with E-state index in [2.05, 4.69) is 21.7 Å². The number of nitriles is 1. The minimum atomic E-state index is -0.0644. The lowest BCUT2D eigenvalue weighted by atomic mass is 10.1. The number of aromatic nitrogens is 1. The van der Waals surface area contributed by atoms with Gasteiger partial charge in [0.2, 0.25) is 5.91 Å². The highest BCUT2D eigenvalue weighted by atomic mass is 16.1. The molecule has 1 amide bonds. The van der Waals surface area contributed by atoms with E-state index in [1.807, 2.05) is 31.2 Å². The van der Waals surface area contributed by atoms with Gasteiger partial charge in [0.15, 0.2) is 0 Å². The van der Waals surface area contributed by atoms with Gasteiger partial charge in [0.1, 0.15) is 23.7 Å². The van der Waals surface area contributed by atoms with Crippen molar-refractivity contribution in [1.29, 1.82) is 5.26 Å². The van der Waals surface area contributed by atoms with Gasteiger partial charge in [0.05, 0.1) is 6.54 Å². The van der Waals surface area contributed by atoms with Crippen molar-refractivity contribution < 1.29 is 9.78 Å². The van der Waals surface area contributed by atoms with Crippen molar-refractivity contribution in [3.05, 3.63) is 35.4 Å². The molecular weight excluding hydrogens is 252 g/mol.